The summed E-state index contributed by atoms with van der Waals surface area (Å²) in [7, 11) is -3.57. The van der Waals surface area contributed by atoms with Crippen LogP contribution in [0.5, 0.6) is 11.5 Å². The molecule has 8 nitrogen and oxygen atoms in total. The number of ether oxygens (including phenoxy) is 2. The molecule has 0 radical (unpaired) electrons. The van der Waals surface area contributed by atoms with Crippen molar-refractivity contribution in [1.82, 2.24) is 14.6 Å². The fourth-order valence-electron chi connectivity index (χ4n) is 3.60. The highest BCUT2D eigenvalue weighted by Gasteiger charge is 2.32. The Hall–Kier alpha value is -2.65. The molecule has 1 aromatic carbocycles. The van der Waals surface area contributed by atoms with Gasteiger partial charge >= 0.3 is 0 Å². The molecule has 1 atom stereocenters. The minimum absolute atomic E-state index is 0.0615. The van der Waals surface area contributed by atoms with E-state index in [1.807, 2.05) is 25.1 Å². The van der Waals surface area contributed by atoms with Gasteiger partial charge in [0.2, 0.25) is 22.7 Å². The van der Waals surface area contributed by atoms with Crippen LogP contribution in [0, 0.1) is 5.92 Å². The van der Waals surface area contributed by atoms with E-state index >= 15 is 0 Å². The lowest BCUT2D eigenvalue weighted by atomic mass is 9.96. The van der Waals surface area contributed by atoms with Crippen LogP contribution in [0.3, 0.4) is 0 Å². The van der Waals surface area contributed by atoms with Crippen molar-refractivity contribution >= 4 is 15.9 Å². The topological polar surface area (TPSA) is 97.8 Å². The molecule has 1 fully saturated rings. The van der Waals surface area contributed by atoms with Crippen molar-refractivity contribution in [2.75, 3.05) is 19.9 Å². The molecule has 0 aliphatic carbocycles. The maximum absolute atomic E-state index is 12.7. The van der Waals surface area contributed by atoms with Crippen LogP contribution in [-0.4, -0.2) is 43.5 Å². The monoisotopic (exact) mass is 417 g/mol. The standard InChI is InChI=1S/C20H23N3O5S/c1-14(16-4-5-18-19(11-16)28-13-27-18)22-20(24)15-6-9-23(10-7-15)29(25,26)17-3-2-8-21-12-17/h2-5,8,11-12,14-15H,6-7,9-10,13H2,1H3,(H,22,24). The third-order valence-electron chi connectivity index (χ3n) is 5.35. The first-order valence-corrected chi connectivity index (χ1v) is 11.0. The number of pyridine rings is 1. The number of amides is 1. The molecule has 2 aliphatic rings. The molecule has 1 saturated heterocycles. The van der Waals surface area contributed by atoms with E-state index in [0.29, 0.717) is 37.4 Å². The second kappa shape index (κ2) is 8.00. The fraction of sp³-hybridized carbons (Fsp3) is 0.400. The van der Waals surface area contributed by atoms with Crippen molar-refractivity contribution < 1.29 is 22.7 Å². The summed E-state index contributed by atoms with van der Waals surface area (Å²) in [5.41, 5.74) is 0.930. The molecule has 154 valence electrons. The van der Waals surface area contributed by atoms with Gasteiger partial charge in [0.05, 0.1) is 6.04 Å². The number of nitrogens with zero attached hydrogens (tertiary/aromatic N) is 2. The van der Waals surface area contributed by atoms with Gasteiger partial charge in [-0.2, -0.15) is 4.31 Å². The lowest BCUT2D eigenvalue weighted by Gasteiger charge is -2.31. The number of carbonyl (C=O) groups excluding carboxylic acids is 1. The number of fused-ring (bicyclic) bond motifs is 1. The summed E-state index contributed by atoms with van der Waals surface area (Å²) in [4.78, 5) is 16.8. The Morgan fingerprint density at radius 2 is 1.97 bits per heavy atom. The Kier molecular flexibility index (Phi) is 5.42. The molecule has 1 unspecified atom stereocenters. The van der Waals surface area contributed by atoms with Gasteiger partial charge in [-0.15, -0.1) is 0 Å². The Labute approximate surface area is 169 Å². The van der Waals surface area contributed by atoms with Crippen molar-refractivity contribution in [3.05, 3.63) is 48.3 Å². The Morgan fingerprint density at radius 3 is 2.69 bits per heavy atom. The molecule has 4 rings (SSSR count). The number of carbonyl (C=O) groups is 1. The molecule has 2 aromatic rings. The van der Waals surface area contributed by atoms with E-state index in [4.69, 9.17) is 9.47 Å². The second-order valence-electron chi connectivity index (χ2n) is 7.21. The predicted molar refractivity (Wildman–Crippen MR) is 105 cm³/mol. The summed E-state index contributed by atoms with van der Waals surface area (Å²) in [6.45, 7) is 2.75. The average molecular weight is 417 g/mol. The van der Waals surface area contributed by atoms with Crippen LogP contribution in [0.4, 0.5) is 0 Å². The Bertz CT molecular complexity index is 988. The predicted octanol–water partition coefficient (Wildman–Crippen LogP) is 2.09. The normalized spacial score (nSPS) is 18.4. The number of sulfonamides is 1. The molecule has 3 heterocycles. The molecule has 0 bridgehead atoms. The molecule has 2 aliphatic heterocycles. The highest BCUT2D eigenvalue weighted by atomic mass is 32.2. The first-order chi connectivity index (χ1) is 13.9. The first-order valence-electron chi connectivity index (χ1n) is 9.55. The number of hydrogen-bond donors (Lipinski definition) is 1. The van der Waals surface area contributed by atoms with Gasteiger partial charge in [0.15, 0.2) is 11.5 Å². The number of rotatable bonds is 5. The zero-order valence-electron chi connectivity index (χ0n) is 16.1. The van der Waals surface area contributed by atoms with Gasteiger partial charge in [0.1, 0.15) is 4.90 Å². The van der Waals surface area contributed by atoms with Gasteiger partial charge in [-0.25, -0.2) is 8.42 Å². The largest absolute Gasteiger partial charge is 0.454 e. The number of aromatic nitrogens is 1. The highest BCUT2D eigenvalue weighted by molar-refractivity contribution is 7.89. The fourth-order valence-corrected chi connectivity index (χ4v) is 5.04. The lowest BCUT2D eigenvalue weighted by molar-refractivity contribution is -0.126. The van der Waals surface area contributed by atoms with Gasteiger partial charge in [-0.3, -0.25) is 9.78 Å². The smallest absolute Gasteiger partial charge is 0.244 e. The Balaban J connectivity index is 1.34. The van der Waals surface area contributed by atoms with E-state index in [1.54, 1.807) is 6.07 Å². The lowest BCUT2D eigenvalue weighted by Crippen LogP contribution is -2.43. The third-order valence-corrected chi connectivity index (χ3v) is 7.23. The van der Waals surface area contributed by atoms with Gasteiger partial charge in [0, 0.05) is 31.4 Å². The van der Waals surface area contributed by atoms with Gasteiger partial charge < -0.3 is 14.8 Å². The van der Waals surface area contributed by atoms with Crippen LogP contribution in [0.1, 0.15) is 31.4 Å². The van der Waals surface area contributed by atoms with E-state index in [1.165, 1.54) is 22.8 Å². The van der Waals surface area contributed by atoms with Gasteiger partial charge in [-0.1, -0.05) is 6.07 Å². The van der Waals surface area contributed by atoms with Crippen LogP contribution in [0.2, 0.25) is 0 Å². The zero-order chi connectivity index (χ0) is 20.4. The molecule has 0 saturated carbocycles. The summed E-state index contributed by atoms with van der Waals surface area (Å²) < 4.78 is 37.5. The van der Waals surface area contributed by atoms with E-state index in [2.05, 4.69) is 10.3 Å². The number of piperidine rings is 1. The summed E-state index contributed by atoms with van der Waals surface area (Å²) in [5.74, 6) is 1.10. The summed E-state index contributed by atoms with van der Waals surface area (Å²) in [6.07, 6.45) is 3.86. The molecule has 0 spiro atoms. The first kappa shape index (κ1) is 19.7. The van der Waals surface area contributed by atoms with E-state index in [-0.39, 0.29) is 29.6 Å². The van der Waals surface area contributed by atoms with E-state index in [0.717, 1.165) is 5.56 Å². The van der Waals surface area contributed by atoms with Crippen molar-refractivity contribution in [3.8, 4) is 11.5 Å². The molecular weight excluding hydrogens is 394 g/mol. The van der Waals surface area contributed by atoms with Gasteiger partial charge in [-0.05, 0) is 49.6 Å². The SMILES string of the molecule is CC(NC(=O)C1CCN(S(=O)(=O)c2cccnc2)CC1)c1ccc2c(c1)OCO2. The zero-order valence-corrected chi connectivity index (χ0v) is 16.9. The van der Waals surface area contributed by atoms with E-state index in [9.17, 15) is 13.2 Å². The minimum atomic E-state index is -3.57. The second-order valence-corrected chi connectivity index (χ2v) is 9.15. The van der Waals surface area contributed by atoms with Crippen LogP contribution < -0.4 is 14.8 Å². The molecule has 9 heteroatoms. The van der Waals surface area contributed by atoms with Crippen molar-refractivity contribution in [1.29, 1.82) is 0 Å². The molecule has 1 N–H and O–H groups in total. The molecule has 29 heavy (non-hydrogen) atoms. The number of hydrogen-bond acceptors (Lipinski definition) is 6. The number of benzene rings is 1. The minimum Gasteiger partial charge on any atom is -0.454 e. The van der Waals surface area contributed by atoms with Crippen LogP contribution in [0.25, 0.3) is 0 Å². The highest BCUT2D eigenvalue weighted by Crippen LogP contribution is 2.34. The maximum Gasteiger partial charge on any atom is 0.244 e. The number of nitrogens with one attached hydrogen (secondary N) is 1. The Morgan fingerprint density at radius 1 is 1.21 bits per heavy atom. The quantitative estimate of drug-likeness (QED) is 0.800. The van der Waals surface area contributed by atoms with Crippen molar-refractivity contribution in [2.24, 2.45) is 5.92 Å². The average Bonchev–Trinajstić information content (AvgIpc) is 3.22. The van der Waals surface area contributed by atoms with Crippen LogP contribution in [0.15, 0.2) is 47.6 Å². The third kappa shape index (κ3) is 4.06. The molecule has 1 aromatic heterocycles. The molecular formula is C20H23N3O5S. The van der Waals surface area contributed by atoms with Crippen LogP contribution in [-0.2, 0) is 14.8 Å². The summed E-state index contributed by atoms with van der Waals surface area (Å²) >= 11 is 0. The van der Waals surface area contributed by atoms with Crippen molar-refractivity contribution in [2.45, 2.75) is 30.7 Å². The van der Waals surface area contributed by atoms with Gasteiger partial charge in [0.25, 0.3) is 0 Å². The van der Waals surface area contributed by atoms with E-state index < -0.39 is 10.0 Å². The molecule has 1 amide bonds. The van der Waals surface area contributed by atoms with Crippen LogP contribution >= 0.6 is 0 Å². The summed E-state index contributed by atoms with van der Waals surface area (Å²) in [5, 5.41) is 3.03. The summed E-state index contributed by atoms with van der Waals surface area (Å²) in [6, 6.07) is 8.56. The maximum atomic E-state index is 12.7. The van der Waals surface area contributed by atoms with Crippen molar-refractivity contribution in [3.63, 3.8) is 0 Å².